The molecular formula is C56H99NO11. The summed E-state index contributed by atoms with van der Waals surface area (Å²) in [5.74, 6) is 2.28. The largest absolute Gasteiger partial charge is 0.459 e. The molecule has 394 valence electrons. The van der Waals surface area contributed by atoms with E-state index >= 15 is 0 Å². The van der Waals surface area contributed by atoms with E-state index in [-0.39, 0.29) is 85.0 Å². The molecule has 0 aromatic heterocycles. The van der Waals surface area contributed by atoms with Gasteiger partial charge in [0.05, 0.1) is 27.9 Å². The molecule has 7 unspecified atom stereocenters. The Bertz CT molecular complexity index is 1780. The van der Waals surface area contributed by atoms with Crippen molar-refractivity contribution in [1.82, 2.24) is 0 Å². The van der Waals surface area contributed by atoms with Crippen LogP contribution in [0.25, 0.3) is 0 Å². The van der Waals surface area contributed by atoms with Crippen molar-refractivity contribution < 1.29 is 52.8 Å². The molecule has 0 aromatic rings. The number of hydrogen-bond acceptors (Lipinski definition) is 12. The fraction of sp³-hybridized carbons (Fsp3) is 0.893. The first-order valence-corrected chi connectivity index (χ1v) is 24.0. The van der Waals surface area contributed by atoms with Crippen molar-refractivity contribution in [2.45, 2.75) is 246 Å². The number of ether oxygens (including phenoxy) is 5. The van der Waals surface area contributed by atoms with Crippen LogP contribution in [0.15, 0.2) is 0 Å². The molecule has 7 atom stereocenters. The van der Waals surface area contributed by atoms with Gasteiger partial charge < -0.3 is 28.8 Å². The molecule has 1 aliphatic heterocycles. The molecule has 10 bridgehead atoms. The van der Waals surface area contributed by atoms with Crippen molar-refractivity contribution in [3.63, 3.8) is 0 Å². The summed E-state index contributed by atoms with van der Waals surface area (Å²) in [4.78, 5) is 60.7. The monoisotopic (exact) mass is 962 g/mol. The number of aliphatic hydroxyl groups is 1. The van der Waals surface area contributed by atoms with Crippen LogP contribution in [0, 0.1) is 80.3 Å². The Morgan fingerprint density at radius 2 is 1.13 bits per heavy atom. The van der Waals surface area contributed by atoms with E-state index in [0.717, 1.165) is 50.4 Å². The highest BCUT2D eigenvalue weighted by molar-refractivity contribution is 5.85. The molecule has 12 heteroatoms. The van der Waals surface area contributed by atoms with Crippen LogP contribution in [0.2, 0.25) is 0 Å². The second kappa shape index (κ2) is 22.1. The maximum absolute atomic E-state index is 12.5. The summed E-state index contributed by atoms with van der Waals surface area (Å²) in [6, 6.07) is 2.10. The van der Waals surface area contributed by atoms with Crippen LogP contribution in [0.4, 0.5) is 0 Å². The van der Waals surface area contributed by atoms with Crippen molar-refractivity contribution in [2.24, 2.45) is 69.0 Å². The number of carbonyl (C=O) groups is 5. The lowest BCUT2D eigenvalue weighted by molar-refractivity contribution is -0.225. The van der Waals surface area contributed by atoms with Crippen LogP contribution in [-0.2, 0) is 47.7 Å². The summed E-state index contributed by atoms with van der Waals surface area (Å²) in [6.07, 6.45) is 14.4. The van der Waals surface area contributed by atoms with Gasteiger partial charge in [0.15, 0.2) is 12.0 Å². The Morgan fingerprint density at radius 3 is 1.59 bits per heavy atom. The lowest BCUT2D eigenvalue weighted by Crippen LogP contribution is -2.61. The molecule has 12 nitrogen and oxygen atoms in total. The third kappa shape index (κ3) is 11.4. The molecule has 10 aliphatic carbocycles. The fourth-order valence-electron chi connectivity index (χ4n) is 13.4. The first-order valence-electron chi connectivity index (χ1n) is 24.0. The molecule has 11 fully saturated rings. The van der Waals surface area contributed by atoms with Crippen LogP contribution < -0.4 is 0 Å². The summed E-state index contributed by atoms with van der Waals surface area (Å²) >= 11 is 0. The smallest absolute Gasteiger partial charge is 0.344 e. The standard InChI is InChI=1S/C17H21NO6.C17H28O2.C16H26O3.6CH4/c1-4-16(2,3)14(20)22-7-11(19)23-12-9-5-10-13(12)24-15(21)17(10,6-9)8-18;1-5-16(2,3)15(18)19-17(4)13-7-11-6-12(9-13)10-14(17)8-11;1-4-14(2,3)13(17)19-16-8-11-5-12(9-16)7-15(18,6-11)10-16;;;;;;/h9-10,12-13H,4-7H2,1-3H3;11-14H,5-10H2,1-4H3;11-12,18H,4-10H2,1-3H3;6*1H4. The summed E-state index contributed by atoms with van der Waals surface area (Å²) in [6.45, 7) is 19.1. The topological polar surface area (TPSA) is 176 Å². The van der Waals surface area contributed by atoms with E-state index in [0.29, 0.717) is 49.4 Å². The molecule has 0 aromatic carbocycles. The molecule has 11 rings (SSSR count). The summed E-state index contributed by atoms with van der Waals surface area (Å²) in [5, 5.41) is 20.0. The number of nitrogens with zero attached hydrogens (tertiary/aromatic N) is 1. The molecule has 11 aliphatic rings. The Hall–Kier alpha value is -3.20. The number of hydrogen-bond donors (Lipinski definition) is 1. The van der Waals surface area contributed by atoms with Crippen LogP contribution in [-0.4, -0.2) is 70.6 Å². The molecule has 1 heterocycles. The van der Waals surface area contributed by atoms with Gasteiger partial charge in [-0.2, -0.15) is 5.26 Å². The fourth-order valence-corrected chi connectivity index (χ4v) is 13.4. The summed E-state index contributed by atoms with van der Waals surface area (Å²) < 4.78 is 27.8. The van der Waals surface area contributed by atoms with Crippen molar-refractivity contribution in [1.29, 1.82) is 5.26 Å². The van der Waals surface area contributed by atoms with Crippen molar-refractivity contribution >= 4 is 29.8 Å². The van der Waals surface area contributed by atoms with Gasteiger partial charge in [0.2, 0.25) is 0 Å². The van der Waals surface area contributed by atoms with Gasteiger partial charge in [0.1, 0.15) is 23.4 Å². The molecule has 0 spiro atoms. The molecule has 1 saturated heterocycles. The molecule has 68 heavy (non-hydrogen) atoms. The van der Waals surface area contributed by atoms with E-state index < -0.39 is 58.6 Å². The zero-order valence-corrected chi connectivity index (χ0v) is 39.3. The minimum atomic E-state index is -1.06. The third-order valence-corrected chi connectivity index (χ3v) is 18.0. The molecule has 0 radical (unpaired) electrons. The highest BCUT2D eigenvalue weighted by Crippen LogP contribution is 2.63. The van der Waals surface area contributed by atoms with E-state index in [1.807, 2.05) is 41.5 Å². The summed E-state index contributed by atoms with van der Waals surface area (Å²) in [7, 11) is 0. The van der Waals surface area contributed by atoms with E-state index in [9.17, 15) is 34.3 Å². The lowest BCUT2D eigenvalue weighted by Gasteiger charge is -2.59. The number of esters is 5. The zero-order chi connectivity index (χ0) is 45.4. The number of carbonyl (C=O) groups excluding carboxylic acids is 5. The van der Waals surface area contributed by atoms with Gasteiger partial charge >= 0.3 is 29.8 Å². The first kappa shape index (κ1) is 62.8. The van der Waals surface area contributed by atoms with Crippen molar-refractivity contribution in [3.05, 3.63) is 0 Å². The van der Waals surface area contributed by atoms with E-state index in [4.69, 9.17) is 23.7 Å². The van der Waals surface area contributed by atoms with Gasteiger partial charge in [-0.3, -0.25) is 19.2 Å². The van der Waals surface area contributed by atoms with Gasteiger partial charge in [-0.05, 0) is 180 Å². The Balaban J connectivity index is 0.000000492. The predicted molar refractivity (Wildman–Crippen MR) is 268 cm³/mol. The second-order valence-corrected chi connectivity index (χ2v) is 23.6. The highest BCUT2D eigenvalue weighted by atomic mass is 16.6. The van der Waals surface area contributed by atoms with Gasteiger partial charge in [0, 0.05) is 18.3 Å². The average Bonchev–Trinajstić information content (AvgIpc) is 3.80. The SMILES string of the molecule is C.C.C.C.C.C.CCC(C)(C)C(=O)OC1(C)C2CC3CC(C2)CC1C3.CCC(C)(C)C(=O)OC12CC3CC(CC(O)(C3)C1)C2.CCC(C)(C)C(=O)OCC(=O)OC1C2CC3C1OC(=O)C3(C#N)C2. The van der Waals surface area contributed by atoms with Crippen LogP contribution in [0.5, 0.6) is 0 Å². The molecular weight excluding hydrogens is 863 g/mol. The number of fused-ring (bicyclic) bond motifs is 1. The maximum atomic E-state index is 12.5. The Kier molecular flexibility index (Phi) is 20.4. The van der Waals surface area contributed by atoms with Gasteiger partial charge in [-0.1, -0.05) is 65.3 Å². The van der Waals surface area contributed by atoms with Crippen molar-refractivity contribution in [2.75, 3.05) is 6.61 Å². The quantitative estimate of drug-likeness (QED) is 0.153. The van der Waals surface area contributed by atoms with Gasteiger partial charge in [-0.15, -0.1) is 0 Å². The molecule has 1 N–H and O–H groups in total. The number of rotatable bonds is 11. The lowest BCUT2D eigenvalue weighted by atomic mass is 9.50. The minimum absolute atomic E-state index is 0. The highest BCUT2D eigenvalue weighted by Gasteiger charge is 2.72. The van der Waals surface area contributed by atoms with Crippen molar-refractivity contribution in [3.8, 4) is 6.07 Å². The zero-order valence-electron chi connectivity index (χ0n) is 39.3. The number of nitriles is 1. The Morgan fingerprint density at radius 1 is 0.676 bits per heavy atom. The maximum Gasteiger partial charge on any atom is 0.344 e. The van der Waals surface area contributed by atoms with Crippen LogP contribution in [0.3, 0.4) is 0 Å². The summed E-state index contributed by atoms with van der Waals surface area (Å²) in [5.41, 5.74) is -3.54. The van der Waals surface area contributed by atoms with Gasteiger partial charge in [-0.25, -0.2) is 4.79 Å². The minimum Gasteiger partial charge on any atom is -0.459 e. The molecule has 10 saturated carbocycles. The first-order chi connectivity index (χ1) is 28.9. The normalized spacial score (nSPS) is 37.6. The van der Waals surface area contributed by atoms with Crippen LogP contribution >= 0.6 is 0 Å². The van der Waals surface area contributed by atoms with Crippen LogP contribution in [0.1, 0.15) is 217 Å². The average molecular weight is 962 g/mol. The van der Waals surface area contributed by atoms with E-state index in [1.165, 1.54) is 38.5 Å². The Labute approximate surface area is 413 Å². The van der Waals surface area contributed by atoms with E-state index in [2.05, 4.69) is 19.9 Å². The van der Waals surface area contributed by atoms with E-state index in [1.54, 1.807) is 13.8 Å². The third-order valence-electron chi connectivity index (χ3n) is 18.0. The van der Waals surface area contributed by atoms with Gasteiger partial charge in [0.25, 0.3) is 0 Å². The second-order valence-electron chi connectivity index (χ2n) is 23.6. The predicted octanol–water partition coefficient (Wildman–Crippen LogP) is 12.4. The molecule has 0 amide bonds.